The summed E-state index contributed by atoms with van der Waals surface area (Å²) in [5, 5.41) is 16.7. The fraction of sp³-hybridized carbons (Fsp3) is 0. The van der Waals surface area contributed by atoms with Crippen molar-refractivity contribution in [2.45, 2.75) is 0 Å². The topological polar surface area (TPSA) is 53.7 Å². The molecule has 0 aliphatic rings. The highest BCUT2D eigenvalue weighted by Crippen LogP contribution is 2.43. The quantitative estimate of drug-likeness (QED) is 0.168. The number of rotatable bonds is 6. The Labute approximate surface area is 355 Å². The van der Waals surface area contributed by atoms with Gasteiger partial charge in [0.1, 0.15) is 11.2 Å². The number of fused-ring (bicyclic) bond motifs is 10. The van der Waals surface area contributed by atoms with Crippen LogP contribution in [0.15, 0.2) is 217 Å². The number of furan rings is 1. The van der Waals surface area contributed by atoms with E-state index in [1.807, 2.05) is 30.3 Å². The van der Waals surface area contributed by atoms with E-state index in [4.69, 9.17) is 14.6 Å². The highest BCUT2D eigenvalue weighted by Gasteiger charge is 2.23. The molecule has 4 aromatic heterocycles. The van der Waals surface area contributed by atoms with Gasteiger partial charge < -0.3 is 13.6 Å². The van der Waals surface area contributed by atoms with Crippen molar-refractivity contribution < 1.29 is 4.42 Å². The Morgan fingerprint density at radius 3 is 1.53 bits per heavy atom. The smallest absolute Gasteiger partial charge is 0.169 e. The highest BCUT2D eigenvalue weighted by atomic mass is 16.3. The van der Waals surface area contributed by atoms with E-state index >= 15 is 0 Å². The third kappa shape index (κ3) is 5.10. The summed E-state index contributed by atoms with van der Waals surface area (Å²) in [6, 6.07) is 75.1. The second-order valence-corrected chi connectivity index (χ2v) is 15.8. The van der Waals surface area contributed by atoms with Gasteiger partial charge in [-0.2, -0.15) is 0 Å². The highest BCUT2D eigenvalue weighted by molar-refractivity contribution is 6.27. The largest absolute Gasteiger partial charge is 0.456 e. The van der Waals surface area contributed by atoms with Crippen LogP contribution in [0, 0.1) is 0 Å². The molecule has 0 saturated heterocycles. The van der Waals surface area contributed by atoms with E-state index in [1.54, 1.807) is 0 Å². The van der Waals surface area contributed by atoms with Crippen LogP contribution in [0.2, 0.25) is 0 Å². The van der Waals surface area contributed by atoms with Gasteiger partial charge >= 0.3 is 0 Å². The van der Waals surface area contributed by atoms with Crippen LogP contribution < -0.4 is 0 Å². The zero-order chi connectivity index (χ0) is 40.7. The lowest BCUT2D eigenvalue weighted by Gasteiger charge is -2.13. The molecule has 0 atom stereocenters. The number of para-hydroxylation sites is 4. The zero-order valence-corrected chi connectivity index (χ0v) is 33.4. The molecule has 6 nitrogen and oxygen atoms in total. The predicted octanol–water partition coefficient (Wildman–Crippen LogP) is 14.4. The molecule has 0 bridgehead atoms. The van der Waals surface area contributed by atoms with Gasteiger partial charge in [-0.25, -0.2) is 0 Å². The Bertz CT molecular complexity index is 3870. The molecular weight excluding hydrogens is 759 g/mol. The van der Waals surface area contributed by atoms with Crippen molar-refractivity contribution in [2.24, 2.45) is 0 Å². The number of benzene rings is 9. The molecule has 0 amide bonds. The molecule has 0 aliphatic carbocycles. The lowest BCUT2D eigenvalue weighted by Crippen LogP contribution is -2.00. The first kappa shape index (κ1) is 34.4. The predicted molar refractivity (Wildman–Crippen MR) is 254 cm³/mol. The van der Waals surface area contributed by atoms with E-state index < -0.39 is 0 Å². The molecular formula is C56H35N5O. The summed E-state index contributed by atoms with van der Waals surface area (Å²) < 4.78 is 13.3. The Hall–Kier alpha value is -8.48. The minimum absolute atomic E-state index is 0.792. The minimum Gasteiger partial charge on any atom is -0.456 e. The molecule has 0 N–H and O–H groups in total. The monoisotopic (exact) mass is 793 g/mol. The van der Waals surface area contributed by atoms with Gasteiger partial charge in [0.05, 0.1) is 22.1 Å². The molecule has 6 heteroatoms. The lowest BCUT2D eigenvalue weighted by molar-refractivity contribution is 0.669. The van der Waals surface area contributed by atoms with E-state index in [9.17, 15) is 0 Å². The molecule has 0 radical (unpaired) electrons. The van der Waals surface area contributed by atoms with Crippen LogP contribution in [0.25, 0.3) is 117 Å². The summed E-state index contributed by atoms with van der Waals surface area (Å²) >= 11 is 0. The van der Waals surface area contributed by atoms with Gasteiger partial charge in [0.2, 0.25) is 0 Å². The van der Waals surface area contributed by atoms with E-state index in [2.05, 4.69) is 196 Å². The van der Waals surface area contributed by atoms with Crippen LogP contribution in [0.3, 0.4) is 0 Å². The number of nitrogens with zero attached hydrogens (tertiary/aromatic N) is 5. The fourth-order valence-electron chi connectivity index (χ4n) is 9.74. The maximum absolute atomic E-state index is 6.35. The van der Waals surface area contributed by atoms with Crippen LogP contribution in [0.4, 0.5) is 0 Å². The normalized spacial score (nSPS) is 11.9. The molecule has 9 aromatic carbocycles. The fourth-order valence-corrected chi connectivity index (χ4v) is 9.74. The number of hydrogen-bond acceptors (Lipinski definition) is 3. The molecule has 62 heavy (non-hydrogen) atoms. The summed E-state index contributed by atoms with van der Waals surface area (Å²) in [6.45, 7) is 0. The van der Waals surface area contributed by atoms with Crippen LogP contribution in [0.1, 0.15) is 0 Å². The van der Waals surface area contributed by atoms with Gasteiger partial charge in [-0.15, -0.1) is 10.2 Å². The zero-order valence-electron chi connectivity index (χ0n) is 33.4. The second kappa shape index (κ2) is 13.5. The first-order valence-electron chi connectivity index (χ1n) is 20.9. The van der Waals surface area contributed by atoms with Crippen molar-refractivity contribution in [3.05, 3.63) is 212 Å². The summed E-state index contributed by atoms with van der Waals surface area (Å²) in [5.41, 5.74) is 13.8. The molecule has 0 fully saturated rings. The lowest BCUT2D eigenvalue weighted by atomic mass is 10.0. The number of aromatic nitrogens is 5. The Morgan fingerprint density at radius 1 is 0.306 bits per heavy atom. The molecule has 13 rings (SSSR count). The summed E-state index contributed by atoms with van der Waals surface area (Å²) in [7, 11) is 0. The average molecular weight is 794 g/mol. The van der Waals surface area contributed by atoms with Crippen molar-refractivity contribution >= 4 is 65.6 Å². The summed E-state index contributed by atoms with van der Waals surface area (Å²) in [5.74, 6) is 1.59. The molecule has 290 valence electrons. The number of hydrogen-bond donors (Lipinski definition) is 0. The first-order valence-corrected chi connectivity index (χ1v) is 20.9. The van der Waals surface area contributed by atoms with Crippen molar-refractivity contribution in [3.63, 3.8) is 0 Å². The van der Waals surface area contributed by atoms with Crippen molar-refractivity contribution in [2.75, 3.05) is 0 Å². The summed E-state index contributed by atoms with van der Waals surface area (Å²) in [6.07, 6.45) is 0. The molecule has 13 aromatic rings. The maximum atomic E-state index is 6.35. The first-order chi connectivity index (χ1) is 30.8. The Morgan fingerprint density at radius 2 is 0.823 bits per heavy atom. The molecule has 0 saturated carbocycles. The third-order valence-electron chi connectivity index (χ3n) is 12.4. The Kier molecular flexibility index (Phi) is 7.50. The Balaban J connectivity index is 0.977. The molecule has 4 heterocycles. The second-order valence-electron chi connectivity index (χ2n) is 15.8. The van der Waals surface area contributed by atoms with Crippen molar-refractivity contribution in [1.29, 1.82) is 0 Å². The van der Waals surface area contributed by atoms with E-state index in [0.29, 0.717) is 0 Å². The third-order valence-corrected chi connectivity index (χ3v) is 12.4. The summed E-state index contributed by atoms with van der Waals surface area (Å²) in [4.78, 5) is 0. The van der Waals surface area contributed by atoms with Gasteiger partial charge in [0, 0.05) is 60.5 Å². The van der Waals surface area contributed by atoms with Crippen LogP contribution in [0.5, 0.6) is 0 Å². The van der Waals surface area contributed by atoms with E-state index in [0.717, 1.165) is 106 Å². The van der Waals surface area contributed by atoms with Crippen LogP contribution in [-0.4, -0.2) is 23.9 Å². The van der Waals surface area contributed by atoms with Crippen LogP contribution in [-0.2, 0) is 0 Å². The molecule has 0 aliphatic heterocycles. The molecule has 0 spiro atoms. The molecule has 0 unspecified atom stereocenters. The van der Waals surface area contributed by atoms with Gasteiger partial charge in [0.15, 0.2) is 11.6 Å². The standard InChI is InChI=1S/C56H35N5O/c1-3-16-36(17-4-1)55-57-58-56(61(55)39-20-5-2-6-21-39)45-27-15-30-48-52(45)42-24-7-10-28-46(42)59(48)40-22-13-18-37(34-40)38-19-14-23-41(35-38)60-47-29-11-8-25-43(47)53-49(60)32-33-51-54(53)44-26-9-12-31-50(44)62-51/h1-35H. The van der Waals surface area contributed by atoms with Gasteiger partial charge in [-0.3, -0.25) is 4.57 Å². The van der Waals surface area contributed by atoms with Crippen molar-refractivity contribution in [1.82, 2.24) is 23.9 Å². The van der Waals surface area contributed by atoms with Gasteiger partial charge in [-0.05, 0) is 83.9 Å². The SMILES string of the molecule is c1ccc(-c2nnc(-c3cccc4c3c3ccccc3n4-c3cccc(-c4cccc(-n5c6ccccc6c6c7c(ccc65)oc5ccccc57)c4)c3)n2-c2ccccc2)cc1. The average Bonchev–Trinajstić information content (AvgIpc) is 4.12. The van der Waals surface area contributed by atoms with Gasteiger partial charge in [-0.1, -0.05) is 140 Å². The van der Waals surface area contributed by atoms with Crippen molar-refractivity contribution in [3.8, 4) is 51.0 Å². The van der Waals surface area contributed by atoms with E-state index in [-0.39, 0.29) is 0 Å². The minimum atomic E-state index is 0.792. The van der Waals surface area contributed by atoms with Crippen LogP contribution >= 0.6 is 0 Å². The maximum Gasteiger partial charge on any atom is 0.169 e. The van der Waals surface area contributed by atoms with E-state index in [1.165, 1.54) is 10.8 Å². The van der Waals surface area contributed by atoms with Gasteiger partial charge in [0.25, 0.3) is 0 Å².